The third-order valence-electron chi connectivity index (χ3n) is 4.68. The number of nitrogens with one attached hydrogen (secondary N) is 1. The predicted octanol–water partition coefficient (Wildman–Crippen LogP) is 4.94. The predicted molar refractivity (Wildman–Crippen MR) is 90.5 cm³/mol. The van der Waals surface area contributed by atoms with Crippen LogP contribution in [-0.2, 0) is 5.41 Å². The molecule has 1 saturated carbocycles. The molecule has 1 N–H and O–H groups in total. The third-order valence-corrected chi connectivity index (χ3v) is 4.92. The maximum atomic E-state index is 6.28. The van der Waals surface area contributed by atoms with Gasteiger partial charge in [-0.15, -0.1) is 0 Å². The molecule has 2 rings (SSSR count). The van der Waals surface area contributed by atoms with Gasteiger partial charge in [-0.3, -0.25) is 0 Å². The van der Waals surface area contributed by atoms with Gasteiger partial charge in [-0.25, -0.2) is 0 Å². The monoisotopic (exact) mass is 309 g/mol. The standard InChI is InChI=1S/C18H28ClNO/c1-3-12-20-14-18(10-6-4-5-7-11-18)16-13-15(19)8-9-17(16)21-2/h8-9,13,20H,3-7,10-12,14H2,1-2H3. The lowest BCUT2D eigenvalue weighted by Crippen LogP contribution is -2.38. The van der Waals surface area contributed by atoms with Crippen molar-refractivity contribution >= 4 is 11.6 Å². The zero-order valence-corrected chi connectivity index (χ0v) is 14.1. The van der Waals surface area contributed by atoms with Crippen molar-refractivity contribution in [3.63, 3.8) is 0 Å². The van der Waals surface area contributed by atoms with E-state index in [4.69, 9.17) is 16.3 Å². The number of ether oxygens (including phenoxy) is 1. The molecule has 0 atom stereocenters. The van der Waals surface area contributed by atoms with Crippen molar-refractivity contribution in [3.05, 3.63) is 28.8 Å². The minimum absolute atomic E-state index is 0.169. The Morgan fingerprint density at radius 1 is 1.19 bits per heavy atom. The molecule has 1 aromatic carbocycles. The van der Waals surface area contributed by atoms with E-state index in [1.54, 1.807) is 7.11 Å². The van der Waals surface area contributed by atoms with E-state index in [0.717, 1.165) is 23.9 Å². The number of methoxy groups -OCH3 is 1. The van der Waals surface area contributed by atoms with Crippen molar-refractivity contribution in [2.75, 3.05) is 20.2 Å². The summed E-state index contributed by atoms with van der Waals surface area (Å²) in [6.07, 6.45) is 8.90. The van der Waals surface area contributed by atoms with Gasteiger partial charge in [-0.2, -0.15) is 0 Å². The summed E-state index contributed by atoms with van der Waals surface area (Å²) in [5.74, 6) is 0.986. The number of hydrogen-bond acceptors (Lipinski definition) is 2. The van der Waals surface area contributed by atoms with Crippen molar-refractivity contribution in [3.8, 4) is 5.75 Å². The fourth-order valence-corrected chi connectivity index (χ4v) is 3.72. The van der Waals surface area contributed by atoms with Gasteiger partial charge in [0.05, 0.1) is 7.11 Å². The average Bonchev–Trinajstić information content (AvgIpc) is 2.74. The molecule has 1 aromatic rings. The van der Waals surface area contributed by atoms with Crippen LogP contribution in [0.5, 0.6) is 5.75 Å². The van der Waals surface area contributed by atoms with E-state index < -0.39 is 0 Å². The van der Waals surface area contributed by atoms with Gasteiger partial charge >= 0.3 is 0 Å². The van der Waals surface area contributed by atoms with Gasteiger partial charge in [-0.1, -0.05) is 44.2 Å². The van der Waals surface area contributed by atoms with E-state index in [1.165, 1.54) is 50.5 Å². The highest BCUT2D eigenvalue weighted by atomic mass is 35.5. The second-order valence-electron chi connectivity index (χ2n) is 6.22. The summed E-state index contributed by atoms with van der Waals surface area (Å²) >= 11 is 6.28. The normalized spacial score (nSPS) is 18.2. The largest absolute Gasteiger partial charge is 0.496 e. The summed E-state index contributed by atoms with van der Waals surface area (Å²) in [6.45, 7) is 4.31. The van der Waals surface area contributed by atoms with Crippen LogP contribution in [0.3, 0.4) is 0 Å². The van der Waals surface area contributed by atoms with Gasteiger partial charge in [0.1, 0.15) is 5.75 Å². The molecule has 0 aromatic heterocycles. The molecule has 0 saturated heterocycles. The molecule has 0 unspecified atom stereocenters. The number of hydrogen-bond donors (Lipinski definition) is 1. The van der Waals surface area contributed by atoms with Gasteiger partial charge in [0.2, 0.25) is 0 Å². The van der Waals surface area contributed by atoms with Crippen molar-refractivity contribution < 1.29 is 4.74 Å². The van der Waals surface area contributed by atoms with Gasteiger partial charge in [0, 0.05) is 22.5 Å². The van der Waals surface area contributed by atoms with Crippen LogP contribution in [0.15, 0.2) is 18.2 Å². The van der Waals surface area contributed by atoms with E-state index >= 15 is 0 Å². The molecule has 3 heteroatoms. The summed E-state index contributed by atoms with van der Waals surface area (Å²) in [4.78, 5) is 0. The molecular weight excluding hydrogens is 282 g/mol. The molecule has 118 valence electrons. The van der Waals surface area contributed by atoms with Crippen LogP contribution < -0.4 is 10.1 Å². The van der Waals surface area contributed by atoms with Gasteiger partial charge in [0.25, 0.3) is 0 Å². The Labute approximate surface area is 134 Å². The number of halogens is 1. The molecule has 2 nitrogen and oxygen atoms in total. The quantitative estimate of drug-likeness (QED) is 0.593. The second kappa shape index (κ2) is 8.05. The van der Waals surface area contributed by atoms with Crippen molar-refractivity contribution in [1.29, 1.82) is 0 Å². The Kier molecular flexibility index (Phi) is 6.38. The zero-order chi connectivity index (χ0) is 15.1. The van der Waals surface area contributed by atoms with Crippen LogP contribution >= 0.6 is 11.6 Å². The van der Waals surface area contributed by atoms with E-state index in [9.17, 15) is 0 Å². The summed E-state index contributed by atoms with van der Waals surface area (Å²) < 4.78 is 5.64. The fraction of sp³-hybridized carbons (Fsp3) is 0.667. The van der Waals surface area contributed by atoms with Crippen LogP contribution in [-0.4, -0.2) is 20.2 Å². The Morgan fingerprint density at radius 3 is 2.52 bits per heavy atom. The van der Waals surface area contributed by atoms with E-state index in [2.05, 4.69) is 18.3 Å². The lowest BCUT2D eigenvalue weighted by Gasteiger charge is -2.35. The lowest BCUT2D eigenvalue weighted by atomic mass is 9.73. The Bertz CT molecular complexity index is 439. The third kappa shape index (κ3) is 4.14. The Balaban J connectivity index is 2.35. The van der Waals surface area contributed by atoms with Crippen LogP contribution in [0.1, 0.15) is 57.4 Å². The average molecular weight is 310 g/mol. The SMILES string of the molecule is CCCNCC1(c2cc(Cl)ccc2OC)CCCCCC1. The van der Waals surface area contributed by atoms with Gasteiger partial charge < -0.3 is 10.1 Å². The van der Waals surface area contributed by atoms with E-state index in [1.807, 2.05) is 12.1 Å². The molecule has 0 amide bonds. The molecule has 0 aliphatic heterocycles. The maximum absolute atomic E-state index is 6.28. The maximum Gasteiger partial charge on any atom is 0.122 e. The van der Waals surface area contributed by atoms with Crippen molar-refractivity contribution in [2.45, 2.75) is 57.3 Å². The summed E-state index contributed by atoms with van der Waals surface area (Å²) in [5.41, 5.74) is 1.46. The molecule has 21 heavy (non-hydrogen) atoms. The molecule has 0 heterocycles. The summed E-state index contributed by atoms with van der Waals surface area (Å²) in [6, 6.07) is 6.07. The summed E-state index contributed by atoms with van der Waals surface area (Å²) in [5, 5.41) is 4.45. The molecule has 1 fully saturated rings. The van der Waals surface area contributed by atoms with Crippen LogP contribution in [0, 0.1) is 0 Å². The number of rotatable bonds is 6. The van der Waals surface area contributed by atoms with Gasteiger partial charge in [0.15, 0.2) is 0 Å². The van der Waals surface area contributed by atoms with Gasteiger partial charge in [-0.05, 0) is 44.0 Å². The van der Waals surface area contributed by atoms with Crippen molar-refractivity contribution in [2.24, 2.45) is 0 Å². The zero-order valence-electron chi connectivity index (χ0n) is 13.4. The highest BCUT2D eigenvalue weighted by Gasteiger charge is 2.35. The molecule has 0 radical (unpaired) electrons. The smallest absolute Gasteiger partial charge is 0.122 e. The van der Waals surface area contributed by atoms with Crippen LogP contribution in [0.4, 0.5) is 0 Å². The highest BCUT2D eigenvalue weighted by Crippen LogP contribution is 2.43. The van der Waals surface area contributed by atoms with Crippen LogP contribution in [0.2, 0.25) is 5.02 Å². The topological polar surface area (TPSA) is 21.3 Å². The molecule has 1 aliphatic carbocycles. The first-order valence-electron chi connectivity index (χ1n) is 8.26. The second-order valence-corrected chi connectivity index (χ2v) is 6.65. The van der Waals surface area contributed by atoms with Crippen LogP contribution in [0.25, 0.3) is 0 Å². The van der Waals surface area contributed by atoms with Crippen molar-refractivity contribution in [1.82, 2.24) is 5.32 Å². The first-order chi connectivity index (χ1) is 10.2. The molecule has 0 bridgehead atoms. The molecule has 1 aliphatic rings. The molecule has 0 spiro atoms. The van der Waals surface area contributed by atoms with E-state index in [0.29, 0.717) is 0 Å². The number of benzene rings is 1. The van der Waals surface area contributed by atoms with E-state index in [-0.39, 0.29) is 5.41 Å². The Morgan fingerprint density at radius 2 is 1.90 bits per heavy atom. The fourth-order valence-electron chi connectivity index (χ4n) is 3.55. The first kappa shape index (κ1) is 16.6. The minimum Gasteiger partial charge on any atom is -0.496 e. The Hall–Kier alpha value is -0.730. The molecular formula is C18H28ClNO. The first-order valence-corrected chi connectivity index (χ1v) is 8.64. The highest BCUT2D eigenvalue weighted by molar-refractivity contribution is 6.30. The minimum atomic E-state index is 0.169. The summed E-state index contributed by atoms with van der Waals surface area (Å²) in [7, 11) is 1.76. The lowest BCUT2D eigenvalue weighted by molar-refractivity contribution is 0.325.